The third-order valence-corrected chi connectivity index (χ3v) is 8.56. The van der Waals surface area contributed by atoms with Crippen molar-refractivity contribution in [2.75, 3.05) is 11.1 Å². The van der Waals surface area contributed by atoms with Crippen LogP contribution < -0.4 is 21.9 Å². The summed E-state index contributed by atoms with van der Waals surface area (Å²) < 4.78 is 2.62. The number of nitrogens with two attached hydrogens (primary N) is 1. The van der Waals surface area contributed by atoms with E-state index in [0.29, 0.717) is 36.2 Å². The molecule has 1 aliphatic heterocycles. The fourth-order valence-corrected chi connectivity index (χ4v) is 6.64. The van der Waals surface area contributed by atoms with Crippen molar-refractivity contribution in [3.8, 4) is 0 Å². The molecule has 10 heteroatoms. The number of nitrogens with one attached hydrogen (secondary N) is 2. The maximum absolute atomic E-state index is 13.5. The first-order chi connectivity index (χ1) is 18.0. The summed E-state index contributed by atoms with van der Waals surface area (Å²) in [5, 5.41) is 7.44. The van der Waals surface area contributed by atoms with Crippen molar-refractivity contribution in [3.63, 3.8) is 0 Å². The molecule has 0 radical (unpaired) electrons. The summed E-state index contributed by atoms with van der Waals surface area (Å²) in [5.74, 6) is 1.37. The molecule has 4 aromatic heterocycles. The van der Waals surface area contributed by atoms with Crippen LogP contribution >= 0.6 is 11.3 Å². The zero-order chi connectivity index (χ0) is 25.5. The van der Waals surface area contributed by atoms with Crippen molar-refractivity contribution in [1.29, 1.82) is 0 Å². The van der Waals surface area contributed by atoms with E-state index in [9.17, 15) is 9.59 Å². The lowest BCUT2D eigenvalue weighted by atomic mass is 10.0. The maximum Gasteiger partial charge on any atom is 0.277 e. The van der Waals surface area contributed by atoms with Crippen LogP contribution in [0.5, 0.6) is 0 Å². The van der Waals surface area contributed by atoms with Crippen molar-refractivity contribution in [2.45, 2.75) is 63.1 Å². The molecule has 0 spiro atoms. The number of carbonyl (C=O) groups excluding carboxylic acids is 1. The van der Waals surface area contributed by atoms with E-state index in [0.717, 1.165) is 39.9 Å². The summed E-state index contributed by atoms with van der Waals surface area (Å²) in [6.07, 6.45) is 8.65. The Morgan fingerprint density at radius 2 is 2.05 bits per heavy atom. The van der Waals surface area contributed by atoms with Crippen LogP contribution in [0.25, 0.3) is 10.1 Å². The van der Waals surface area contributed by atoms with Crippen molar-refractivity contribution in [3.05, 3.63) is 75.7 Å². The third kappa shape index (κ3) is 4.57. The number of rotatable bonds is 6. The van der Waals surface area contributed by atoms with Gasteiger partial charge in [-0.05, 0) is 49.9 Å². The van der Waals surface area contributed by atoms with E-state index in [4.69, 9.17) is 5.73 Å². The topological polar surface area (TPSA) is 128 Å². The standard InChI is InChI=1S/C27H29N7O2S/c1-15-8-22(26(35)32-13-19-10-17-12-30-24(28)11-23(17)37-19)34-25(15)31-14-21(27(34)36)33-18-6-5-16(9-18)20-4-2-3-7-29-20/h2-4,7,10-12,14-16,18,22,33H,5-6,8-9,13H2,1H3,(H2,28,30)(H,32,35)/t15-,16-,18-,22+/m1/s1. The van der Waals surface area contributed by atoms with Gasteiger partial charge in [-0.1, -0.05) is 13.0 Å². The number of thiophene rings is 1. The lowest BCUT2D eigenvalue weighted by molar-refractivity contribution is -0.124. The fraction of sp³-hybridized carbons (Fsp3) is 0.370. The highest BCUT2D eigenvalue weighted by Crippen LogP contribution is 2.36. The second kappa shape index (κ2) is 9.59. The molecule has 0 unspecified atom stereocenters. The molecule has 0 bridgehead atoms. The fourth-order valence-electron chi connectivity index (χ4n) is 5.62. The Morgan fingerprint density at radius 1 is 1.16 bits per heavy atom. The van der Waals surface area contributed by atoms with Gasteiger partial charge in [0.1, 0.15) is 23.4 Å². The lowest BCUT2D eigenvalue weighted by Gasteiger charge is -2.18. The predicted molar refractivity (Wildman–Crippen MR) is 145 cm³/mol. The van der Waals surface area contributed by atoms with Gasteiger partial charge < -0.3 is 16.4 Å². The number of nitrogen functional groups attached to an aromatic ring is 1. The first-order valence-corrected chi connectivity index (χ1v) is 13.5. The molecule has 1 amide bonds. The van der Waals surface area contributed by atoms with E-state index in [2.05, 4.69) is 31.7 Å². The second-order valence-electron chi connectivity index (χ2n) is 10.0. The molecule has 4 aromatic rings. The minimum absolute atomic E-state index is 0.0240. The van der Waals surface area contributed by atoms with Gasteiger partial charge in [-0.3, -0.25) is 19.1 Å². The van der Waals surface area contributed by atoms with Crippen LogP contribution in [0.4, 0.5) is 11.5 Å². The van der Waals surface area contributed by atoms with Crippen LogP contribution in [-0.2, 0) is 11.3 Å². The highest BCUT2D eigenvalue weighted by molar-refractivity contribution is 7.19. The average Bonchev–Trinajstić information content (AvgIpc) is 3.62. The average molecular weight is 516 g/mol. The Balaban J connectivity index is 1.16. The molecule has 1 fully saturated rings. The largest absolute Gasteiger partial charge is 0.384 e. The van der Waals surface area contributed by atoms with Gasteiger partial charge in [0.15, 0.2) is 0 Å². The van der Waals surface area contributed by atoms with Gasteiger partial charge in [-0.2, -0.15) is 0 Å². The van der Waals surface area contributed by atoms with E-state index in [1.54, 1.807) is 28.3 Å². The number of carbonyl (C=O) groups is 1. The first-order valence-electron chi connectivity index (χ1n) is 12.7. The molecule has 9 nitrogen and oxygen atoms in total. The molecule has 0 saturated heterocycles. The molecule has 0 aromatic carbocycles. The highest BCUT2D eigenvalue weighted by Gasteiger charge is 2.36. The van der Waals surface area contributed by atoms with Crippen LogP contribution in [-0.4, -0.2) is 31.5 Å². The summed E-state index contributed by atoms with van der Waals surface area (Å²) >= 11 is 1.57. The quantitative estimate of drug-likeness (QED) is 0.355. The summed E-state index contributed by atoms with van der Waals surface area (Å²) in [6, 6.07) is 9.44. The lowest BCUT2D eigenvalue weighted by Crippen LogP contribution is -2.36. The molecule has 1 saturated carbocycles. The van der Waals surface area contributed by atoms with Crippen molar-refractivity contribution >= 4 is 38.8 Å². The second-order valence-corrected chi connectivity index (χ2v) is 11.2. The first kappa shape index (κ1) is 23.6. The number of nitrogens with zero attached hydrogens (tertiary/aromatic N) is 4. The smallest absolute Gasteiger partial charge is 0.277 e. The predicted octanol–water partition coefficient (Wildman–Crippen LogP) is 3.94. The van der Waals surface area contributed by atoms with E-state index in [1.165, 1.54) is 0 Å². The monoisotopic (exact) mass is 515 g/mol. The molecule has 1 aliphatic carbocycles. The van der Waals surface area contributed by atoms with E-state index < -0.39 is 6.04 Å². The van der Waals surface area contributed by atoms with E-state index in [-0.39, 0.29) is 23.4 Å². The van der Waals surface area contributed by atoms with E-state index in [1.807, 2.05) is 37.4 Å². The Kier molecular flexibility index (Phi) is 6.11. The van der Waals surface area contributed by atoms with Crippen molar-refractivity contribution in [2.24, 2.45) is 0 Å². The van der Waals surface area contributed by atoms with Crippen LogP contribution in [0, 0.1) is 0 Å². The van der Waals surface area contributed by atoms with Crippen LogP contribution in [0.2, 0.25) is 0 Å². The van der Waals surface area contributed by atoms with Gasteiger partial charge >= 0.3 is 0 Å². The van der Waals surface area contributed by atoms with Gasteiger partial charge in [-0.15, -0.1) is 11.3 Å². The third-order valence-electron chi connectivity index (χ3n) is 7.46. The van der Waals surface area contributed by atoms with Gasteiger partial charge in [0.2, 0.25) is 5.91 Å². The normalized spacial score (nSPS) is 22.7. The molecular formula is C27H29N7O2S. The minimum Gasteiger partial charge on any atom is -0.384 e. The Morgan fingerprint density at radius 3 is 2.89 bits per heavy atom. The summed E-state index contributed by atoms with van der Waals surface area (Å²) in [4.78, 5) is 41.0. The number of hydrogen-bond acceptors (Lipinski definition) is 8. The Bertz CT molecular complexity index is 1520. The van der Waals surface area contributed by atoms with Crippen molar-refractivity contribution < 1.29 is 4.79 Å². The number of pyridine rings is 2. The summed E-state index contributed by atoms with van der Waals surface area (Å²) in [5.41, 5.74) is 7.16. The SMILES string of the molecule is C[C@@H]1C[C@@H](C(=O)NCc2cc3cnc(N)cc3s2)n2c1ncc(N[C@@H]1CC[C@@H](c3ccccn3)C1)c2=O. The van der Waals surface area contributed by atoms with Crippen molar-refractivity contribution in [1.82, 2.24) is 24.8 Å². The number of anilines is 2. The minimum atomic E-state index is -0.580. The Hall–Kier alpha value is -3.79. The van der Waals surface area contributed by atoms with Gasteiger partial charge in [0.05, 0.1) is 12.7 Å². The van der Waals surface area contributed by atoms with Crippen LogP contribution in [0.3, 0.4) is 0 Å². The van der Waals surface area contributed by atoms with Gasteiger partial charge in [-0.25, -0.2) is 9.97 Å². The van der Waals surface area contributed by atoms with Gasteiger partial charge in [0.25, 0.3) is 5.56 Å². The molecule has 190 valence electrons. The maximum atomic E-state index is 13.5. The zero-order valence-corrected chi connectivity index (χ0v) is 21.4. The molecule has 5 heterocycles. The number of amides is 1. The summed E-state index contributed by atoms with van der Waals surface area (Å²) in [7, 11) is 0. The Labute approximate surface area is 218 Å². The number of hydrogen-bond donors (Lipinski definition) is 3. The zero-order valence-electron chi connectivity index (χ0n) is 20.6. The van der Waals surface area contributed by atoms with Crippen LogP contribution in [0.15, 0.2) is 53.7 Å². The molecule has 37 heavy (non-hydrogen) atoms. The molecular weight excluding hydrogens is 486 g/mol. The molecule has 2 aliphatic rings. The molecule has 6 rings (SSSR count). The molecule has 4 N–H and O–H groups in total. The highest BCUT2D eigenvalue weighted by atomic mass is 32.1. The number of fused-ring (bicyclic) bond motifs is 2. The van der Waals surface area contributed by atoms with Gasteiger partial charge in [0, 0.05) is 50.9 Å². The summed E-state index contributed by atoms with van der Waals surface area (Å²) in [6.45, 7) is 2.39. The molecule has 4 atom stereocenters. The van der Waals surface area contributed by atoms with Crippen LogP contribution in [0.1, 0.15) is 66.9 Å². The van der Waals surface area contributed by atoms with E-state index >= 15 is 0 Å². The number of aromatic nitrogens is 4.